The van der Waals surface area contributed by atoms with E-state index in [9.17, 15) is 0 Å². The van der Waals surface area contributed by atoms with Crippen LogP contribution in [-0.2, 0) is 0 Å². The van der Waals surface area contributed by atoms with Gasteiger partial charge in [0.2, 0.25) is 6.85 Å². The molecule has 1 aromatic rings. The Hall–Kier alpha value is -0.900. The van der Waals surface area contributed by atoms with Crippen LogP contribution in [0.15, 0.2) is 6.20 Å². The Morgan fingerprint density at radius 3 is 2.69 bits per heavy atom. The van der Waals surface area contributed by atoms with E-state index in [1.54, 1.807) is 0 Å². The van der Waals surface area contributed by atoms with Gasteiger partial charge in [0.05, 0.1) is 6.20 Å². The number of nitrogens with one attached hydrogen (secondary N) is 1. The molecule has 1 unspecified atom stereocenters. The molecule has 1 aliphatic rings. The van der Waals surface area contributed by atoms with Gasteiger partial charge in [0.25, 0.3) is 6.85 Å². The second-order valence-electron chi connectivity index (χ2n) is 5.11. The zero-order valence-electron chi connectivity index (χ0n) is 10.9. The molecule has 1 atom stereocenters. The Balaban J connectivity index is 2.26. The number of anilines is 1. The summed E-state index contributed by atoms with van der Waals surface area (Å²) < 4.78 is 0. The van der Waals surface area contributed by atoms with Crippen molar-refractivity contribution in [3.05, 3.63) is 11.8 Å². The summed E-state index contributed by atoms with van der Waals surface area (Å²) in [6.07, 6.45) is 1.89. The second-order valence-corrected chi connectivity index (χ2v) is 5.11. The number of H-pyrrole nitrogens is 1. The molecule has 0 saturated carbocycles. The minimum absolute atomic E-state index is 0.547. The highest BCUT2D eigenvalue weighted by molar-refractivity contribution is 6.80. The molecule has 6 heteroatoms. The third-order valence-electron chi connectivity index (χ3n) is 4.17. The summed E-state index contributed by atoms with van der Waals surface area (Å²) >= 11 is 0. The van der Waals surface area contributed by atoms with E-state index >= 15 is 0 Å². The van der Waals surface area contributed by atoms with E-state index in [1.807, 2.05) is 6.20 Å². The first-order chi connectivity index (χ1) is 7.52. The lowest BCUT2D eigenvalue weighted by Crippen LogP contribution is -2.59. The van der Waals surface area contributed by atoms with Crippen LogP contribution in [0.25, 0.3) is 0 Å². The van der Waals surface area contributed by atoms with E-state index in [1.165, 1.54) is 5.56 Å². The molecule has 2 rings (SSSR count). The third kappa shape index (κ3) is 1.75. The molecule has 0 amide bonds. The summed E-state index contributed by atoms with van der Waals surface area (Å²) in [5.74, 6) is 1.16. The van der Waals surface area contributed by atoms with E-state index in [2.05, 4.69) is 54.4 Å². The zero-order chi connectivity index (χ0) is 11.9. The molecule has 1 aliphatic heterocycles. The van der Waals surface area contributed by atoms with Crippen molar-refractivity contribution in [2.75, 3.05) is 18.5 Å². The topological polar surface area (TPSA) is 35.2 Å². The number of aromatic nitrogens is 2. The van der Waals surface area contributed by atoms with Crippen LogP contribution >= 0.6 is 0 Å². The summed E-state index contributed by atoms with van der Waals surface area (Å²) in [5.41, 5.74) is 1.88. The van der Waals surface area contributed by atoms with E-state index in [-0.39, 0.29) is 0 Å². The Morgan fingerprint density at radius 2 is 2.12 bits per heavy atom. The normalized spacial score (nSPS) is 23.1. The second kappa shape index (κ2) is 4.17. The molecular weight excluding hydrogens is 198 g/mol. The van der Waals surface area contributed by atoms with Gasteiger partial charge in [-0.2, -0.15) is 5.10 Å². The predicted molar refractivity (Wildman–Crippen MR) is 71.1 cm³/mol. The Kier molecular flexibility index (Phi) is 3.02. The molecular formula is C10H20B2N4. The van der Waals surface area contributed by atoms with Crippen molar-refractivity contribution >= 4 is 19.5 Å². The van der Waals surface area contributed by atoms with Gasteiger partial charge in [-0.1, -0.05) is 26.3 Å². The van der Waals surface area contributed by atoms with E-state index in [0.29, 0.717) is 19.4 Å². The first-order valence-corrected chi connectivity index (χ1v) is 5.99. The van der Waals surface area contributed by atoms with Crippen molar-refractivity contribution in [2.45, 2.75) is 33.2 Å². The highest BCUT2D eigenvalue weighted by Gasteiger charge is 2.39. The molecule has 1 aromatic heterocycles. The van der Waals surface area contributed by atoms with E-state index in [4.69, 9.17) is 0 Å². The number of nitrogens with zero attached hydrogens (tertiary/aromatic N) is 3. The van der Waals surface area contributed by atoms with Crippen molar-refractivity contribution in [1.29, 1.82) is 0 Å². The van der Waals surface area contributed by atoms with Crippen LogP contribution in [0.2, 0.25) is 19.4 Å². The molecule has 1 fully saturated rings. The number of rotatable bonds is 1. The summed E-state index contributed by atoms with van der Waals surface area (Å²) in [4.78, 5) is 4.80. The van der Waals surface area contributed by atoms with Crippen molar-refractivity contribution < 1.29 is 0 Å². The molecule has 0 spiro atoms. The maximum Gasteiger partial charge on any atom is 0.251 e. The summed E-state index contributed by atoms with van der Waals surface area (Å²) in [5, 5.41) is 7.23. The van der Waals surface area contributed by atoms with Gasteiger partial charge < -0.3 is 9.62 Å². The standard InChI is InChI=1S/C10H20B2N4/c1-8-6-13-14-10(8)16-7-15(5)11(3)9(2)12(16)4/h6,9H,7H2,1-5H3,(H,13,14). The zero-order valence-corrected chi connectivity index (χ0v) is 10.9. The quantitative estimate of drug-likeness (QED) is 0.727. The smallest absolute Gasteiger partial charge is 0.251 e. The van der Waals surface area contributed by atoms with Gasteiger partial charge in [0, 0.05) is 12.2 Å². The predicted octanol–water partition coefficient (Wildman–Crippen LogP) is 1.60. The number of hydrogen-bond donors (Lipinski definition) is 1. The lowest BCUT2D eigenvalue weighted by molar-refractivity contribution is 0.516. The molecule has 1 saturated heterocycles. The van der Waals surface area contributed by atoms with Crippen molar-refractivity contribution in [2.24, 2.45) is 0 Å². The molecule has 0 bridgehead atoms. The average Bonchev–Trinajstić information content (AvgIpc) is 2.67. The Morgan fingerprint density at radius 1 is 1.44 bits per heavy atom. The SMILES string of the molecule is CB1C(C)B(C)N(c2[nH]ncc2C)CN1C. The lowest BCUT2D eigenvalue weighted by Gasteiger charge is -2.44. The van der Waals surface area contributed by atoms with Crippen LogP contribution < -0.4 is 4.81 Å². The van der Waals surface area contributed by atoms with Gasteiger partial charge in [0.15, 0.2) is 0 Å². The average molecular weight is 218 g/mol. The summed E-state index contributed by atoms with van der Waals surface area (Å²) in [6, 6.07) is 0. The maximum absolute atomic E-state index is 4.12. The molecule has 1 N–H and O–H groups in total. The van der Waals surface area contributed by atoms with Gasteiger partial charge in [-0.25, -0.2) is 0 Å². The summed E-state index contributed by atoms with van der Waals surface area (Å²) in [7, 11) is 2.19. The van der Waals surface area contributed by atoms with Crippen molar-refractivity contribution in [1.82, 2.24) is 15.0 Å². The molecule has 0 aromatic carbocycles. The molecule has 86 valence electrons. The van der Waals surface area contributed by atoms with Gasteiger partial charge >= 0.3 is 0 Å². The lowest BCUT2D eigenvalue weighted by atomic mass is 9.31. The summed E-state index contributed by atoms with van der Waals surface area (Å²) in [6.45, 7) is 11.2. The van der Waals surface area contributed by atoms with Gasteiger partial charge in [-0.3, -0.25) is 5.10 Å². The fraction of sp³-hybridized carbons (Fsp3) is 0.700. The van der Waals surface area contributed by atoms with Crippen LogP contribution in [0.1, 0.15) is 12.5 Å². The monoisotopic (exact) mass is 218 g/mol. The molecule has 0 radical (unpaired) electrons. The van der Waals surface area contributed by atoms with Crippen LogP contribution in [0, 0.1) is 6.92 Å². The van der Waals surface area contributed by atoms with Gasteiger partial charge in [0.1, 0.15) is 5.82 Å². The van der Waals surface area contributed by atoms with Gasteiger partial charge in [-0.05, 0) is 14.0 Å². The Labute approximate surface area is 98.6 Å². The fourth-order valence-corrected chi connectivity index (χ4v) is 2.49. The minimum atomic E-state index is 0.547. The van der Waals surface area contributed by atoms with Gasteiger partial charge in [-0.15, -0.1) is 0 Å². The van der Waals surface area contributed by atoms with Crippen molar-refractivity contribution in [3.8, 4) is 0 Å². The minimum Gasteiger partial charge on any atom is -0.390 e. The van der Waals surface area contributed by atoms with Crippen LogP contribution in [0.4, 0.5) is 5.82 Å². The molecule has 4 nitrogen and oxygen atoms in total. The van der Waals surface area contributed by atoms with E-state index in [0.717, 1.165) is 12.5 Å². The highest BCUT2D eigenvalue weighted by atomic mass is 15.3. The van der Waals surface area contributed by atoms with E-state index < -0.39 is 0 Å². The first kappa shape index (κ1) is 11.6. The fourth-order valence-electron chi connectivity index (χ4n) is 2.49. The molecule has 16 heavy (non-hydrogen) atoms. The molecule has 2 heterocycles. The number of hydrogen-bond acceptors (Lipinski definition) is 3. The maximum atomic E-state index is 4.12. The number of aryl methyl sites for hydroxylation is 1. The largest absolute Gasteiger partial charge is 0.390 e. The van der Waals surface area contributed by atoms with Crippen molar-refractivity contribution in [3.63, 3.8) is 0 Å². The third-order valence-corrected chi connectivity index (χ3v) is 4.17. The molecule has 0 aliphatic carbocycles. The highest BCUT2D eigenvalue weighted by Crippen LogP contribution is 2.29. The first-order valence-electron chi connectivity index (χ1n) is 5.99. The van der Waals surface area contributed by atoms with Crippen LogP contribution in [0.3, 0.4) is 0 Å². The van der Waals surface area contributed by atoms with Crippen LogP contribution in [0.5, 0.6) is 0 Å². The number of aromatic amines is 1. The van der Waals surface area contributed by atoms with Crippen LogP contribution in [-0.4, -0.2) is 42.4 Å². The Bertz CT molecular complexity index is 367.